The number of rotatable bonds is 5. The van der Waals surface area contributed by atoms with Crippen LogP contribution in [0.4, 0.5) is 0 Å². The van der Waals surface area contributed by atoms with Crippen molar-refractivity contribution < 1.29 is 4.52 Å². The van der Waals surface area contributed by atoms with Gasteiger partial charge in [0.25, 0.3) is 0 Å². The minimum absolute atomic E-state index is 0.294. The largest absolute Gasteiger partial charge is 0.338 e. The Morgan fingerprint density at radius 3 is 2.56 bits per heavy atom. The molecule has 0 unspecified atom stereocenters. The Morgan fingerprint density at radius 1 is 1.17 bits per heavy atom. The molecule has 6 heteroatoms. The first kappa shape index (κ1) is 13.1. The van der Waals surface area contributed by atoms with Crippen LogP contribution in [0.15, 0.2) is 34.9 Å². The van der Waals surface area contributed by atoms with E-state index < -0.39 is 0 Å². The van der Waals surface area contributed by atoms with E-state index in [1.165, 1.54) is 0 Å². The molecule has 1 aromatic heterocycles. The average molecular weight is 264 g/mol. The summed E-state index contributed by atoms with van der Waals surface area (Å²) < 4.78 is 5.06. The third-order valence-electron chi connectivity index (χ3n) is 2.60. The SMILES string of the molecule is N[C@@H](Cc1ccccc1)c1noc([C@@H](N)CS)n1. The van der Waals surface area contributed by atoms with Crippen molar-refractivity contribution in [1.29, 1.82) is 0 Å². The van der Waals surface area contributed by atoms with Crippen LogP contribution in [0.2, 0.25) is 0 Å². The van der Waals surface area contributed by atoms with E-state index >= 15 is 0 Å². The molecule has 96 valence electrons. The second-order valence-corrected chi connectivity index (χ2v) is 4.44. The van der Waals surface area contributed by atoms with Gasteiger partial charge in [-0.25, -0.2) is 0 Å². The standard InChI is InChI=1S/C12H16N4OS/c13-9(6-8-4-2-1-3-5-8)11-15-12(17-16-11)10(14)7-18/h1-5,9-10,18H,6-7,13-14H2/t9-,10-/m0/s1. The molecule has 18 heavy (non-hydrogen) atoms. The smallest absolute Gasteiger partial charge is 0.244 e. The van der Waals surface area contributed by atoms with Gasteiger partial charge in [0.05, 0.1) is 12.1 Å². The predicted molar refractivity (Wildman–Crippen MR) is 72.2 cm³/mol. The maximum atomic E-state index is 6.04. The monoisotopic (exact) mass is 264 g/mol. The highest BCUT2D eigenvalue weighted by Crippen LogP contribution is 2.15. The first-order chi connectivity index (χ1) is 8.70. The minimum atomic E-state index is -0.349. The first-order valence-electron chi connectivity index (χ1n) is 5.70. The fraction of sp³-hybridized carbons (Fsp3) is 0.333. The van der Waals surface area contributed by atoms with Crippen LogP contribution in [-0.4, -0.2) is 15.9 Å². The molecule has 0 aliphatic rings. The minimum Gasteiger partial charge on any atom is -0.338 e. The summed E-state index contributed by atoms with van der Waals surface area (Å²) in [7, 11) is 0. The zero-order valence-corrected chi connectivity index (χ0v) is 10.8. The number of nitrogens with zero attached hydrogens (tertiary/aromatic N) is 2. The van der Waals surface area contributed by atoms with Crippen molar-refractivity contribution in [2.45, 2.75) is 18.5 Å². The number of aromatic nitrogens is 2. The van der Waals surface area contributed by atoms with Crippen LogP contribution in [0.1, 0.15) is 29.4 Å². The van der Waals surface area contributed by atoms with Crippen LogP contribution in [0, 0.1) is 0 Å². The zero-order valence-electron chi connectivity index (χ0n) is 9.86. The van der Waals surface area contributed by atoms with E-state index in [-0.39, 0.29) is 12.1 Å². The predicted octanol–water partition coefficient (Wildman–Crippen LogP) is 1.24. The van der Waals surface area contributed by atoms with Gasteiger partial charge >= 0.3 is 0 Å². The summed E-state index contributed by atoms with van der Waals surface area (Å²) in [5.41, 5.74) is 12.9. The number of nitrogens with two attached hydrogens (primary N) is 2. The third-order valence-corrected chi connectivity index (χ3v) is 2.99. The fourth-order valence-corrected chi connectivity index (χ4v) is 1.74. The second-order valence-electron chi connectivity index (χ2n) is 4.08. The Kier molecular flexibility index (Phi) is 4.35. The highest BCUT2D eigenvalue weighted by Gasteiger charge is 2.17. The summed E-state index contributed by atoms with van der Waals surface area (Å²) in [6, 6.07) is 9.30. The van der Waals surface area contributed by atoms with Gasteiger partial charge in [0.15, 0.2) is 5.82 Å². The van der Waals surface area contributed by atoms with Crippen LogP contribution in [0.5, 0.6) is 0 Å². The van der Waals surface area contributed by atoms with Crippen molar-refractivity contribution in [3.8, 4) is 0 Å². The lowest BCUT2D eigenvalue weighted by atomic mass is 10.1. The fourth-order valence-electron chi connectivity index (χ4n) is 1.59. The van der Waals surface area contributed by atoms with Crippen molar-refractivity contribution in [1.82, 2.24) is 10.1 Å². The normalized spacial score (nSPS) is 14.4. The molecule has 1 aromatic carbocycles. The topological polar surface area (TPSA) is 91.0 Å². The molecule has 2 rings (SSSR count). The lowest BCUT2D eigenvalue weighted by molar-refractivity contribution is 0.356. The molecule has 0 aliphatic heterocycles. The second kappa shape index (κ2) is 5.99. The molecule has 0 amide bonds. The maximum Gasteiger partial charge on any atom is 0.244 e. The molecule has 0 bridgehead atoms. The average Bonchev–Trinajstić information content (AvgIpc) is 2.88. The molecular formula is C12H16N4OS. The third kappa shape index (κ3) is 3.10. The van der Waals surface area contributed by atoms with Gasteiger partial charge in [-0.05, 0) is 12.0 Å². The molecule has 0 fully saturated rings. The number of hydrogen-bond acceptors (Lipinski definition) is 6. The van der Waals surface area contributed by atoms with Gasteiger partial charge in [-0.2, -0.15) is 17.6 Å². The Labute approximate surface area is 111 Å². The molecule has 5 nitrogen and oxygen atoms in total. The molecule has 1 heterocycles. The van der Waals surface area contributed by atoms with Crippen molar-refractivity contribution in [2.75, 3.05) is 5.75 Å². The zero-order chi connectivity index (χ0) is 13.0. The van der Waals surface area contributed by atoms with Gasteiger partial charge in [-0.3, -0.25) is 0 Å². The summed E-state index contributed by atoms with van der Waals surface area (Å²) in [5.74, 6) is 1.31. The van der Waals surface area contributed by atoms with Crippen molar-refractivity contribution in [2.24, 2.45) is 11.5 Å². The van der Waals surface area contributed by atoms with Crippen LogP contribution >= 0.6 is 12.6 Å². The molecule has 0 radical (unpaired) electrons. The van der Waals surface area contributed by atoms with Crippen LogP contribution in [0.3, 0.4) is 0 Å². The van der Waals surface area contributed by atoms with Gasteiger partial charge in [-0.15, -0.1) is 0 Å². The van der Waals surface area contributed by atoms with Crippen molar-refractivity contribution in [3.63, 3.8) is 0 Å². The van der Waals surface area contributed by atoms with E-state index in [0.29, 0.717) is 23.9 Å². The van der Waals surface area contributed by atoms with Gasteiger partial charge in [-0.1, -0.05) is 35.5 Å². The summed E-state index contributed by atoms with van der Waals surface area (Å²) in [6.07, 6.45) is 0.663. The summed E-state index contributed by atoms with van der Waals surface area (Å²) >= 11 is 4.08. The lowest BCUT2D eigenvalue weighted by Crippen LogP contribution is -2.16. The Hall–Kier alpha value is -1.37. The van der Waals surface area contributed by atoms with Crippen molar-refractivity contribution in [3.05, 3.63) is 47.6 Å². The Balaban J connectivity index is 2.05. The van der Waals surface area contributed by atoms with E-state index in [4.69, 9.17) is 16.0 Å². The van der Waals surface area contributed by atoms with E-state index in [2.05, 4.69) is 22.8 Å². The Morgan fingerprint density at radius 2 is 1.89 bits per heavy atom. The highest BCUT2D eigenvalue weighted by molar-refractivity contribution is 7.80. The molecule has 0 saturated heterocycles. The molecular weight excluding hydrogens is 248 g/mol. The number of benzene rings is 1. The van der Waals surface area contributed by atoms with Crippen molar-refractivity contribution >= 4 is 12.6 Å². The highest BCUT2D eigenvalue weighted by atomic mass is 32.1. The molecule has 2 aromatic rings. The van der Waals surface area contributed by atoms with E-state index in [1.54, 1.807) is 0 Å². The number of thiol groups is 1. The number of hydrogen-bond donors (Lipinski definition) is 3. The quantitative estimate of drug-likeness (QED) is 0.707. The van der Waals surface area contributed by atoms with Gasteiger partial charge in [0.1, 0.15) is 0 Å². The van der Waals surface area contributed by atoms with Gasteiger partial charge in [0.2, 0.25) is 5.89 Å². The van der Waals surface area contributed by atoms with E-state index in [0.717, 1.165) is 5.56 Å². The van der Waals surface area contributed by atoms with E-state index in [1.807, 2.05) is 30.3 Å². The van der Waals surface area contributed by atoms with E-state index in [9.17, 15) is 0 Å². The molecule has 4 N–H and O–H groups in total. The first-order valence-corrected chi connectivity index (χ1v) is 6.33. The lowest BCUT2D eigenvalue weighted by Gasteiger charge is -2.06. The van der Waals surface area contributed by atoms with Crippen LogP contribution in [-0.2, 0) is 6.42 Å². The van der Waals surface area contributed by atoms with Crippen LogP contribution in [0.25, 0.3) is 0 Å². The maximum absolute atomic E-state index is 6.04. The van der Waals surface area contributed by atoms with Gasteiger partial charge < -0.3 is 16.0 Å². The molecule has 2 atom stereocenters. The summed E-state index contributed by atoms with van der Waals surface area (Å²) in [5, 5.41) is 3.86. The summed E-state index contributed by atoms with van der Waals surface area (Å²) in [6.45, 7) is 0. The van der Waals surface area contributed by atoms with Crippen LogP contribution < -0.4 is 11.5 Å². The summed E-state index contributed by atoms with van der Waals surface area (Å²) in [4.78, 5) is 4.20. The molecule has 0 spiro atoms. The van der Waals surface area contributed by atoms with Gasteiger partial charge in [0, 0.05) is 5.75 Å². The molecule has 0 saturated carbocycles. The molecule has 0 aliphatic carbocycles. The Bertz CT molecular complexity index is 488.